The van der Waals surface area contributed by atoms with Gasteiger partial charge in [-0.05, 0) is 19.4 Å². The van der Waals surface area contributed by atoms with E-state index in [4.69, 9.17) is 19.6 Å². The van der Waals surface area contributed by atoms with E-state index in [0.29, 0.717) is 18.6 Å². The Balaban J connectivity index is 2.45. The molecule has 3 atom stereocenters. The SMILES string of the molecule is C/C=C(/C)C(=N)NC(=O)N[C@H]1CC(OC)[C@@H](COC)O1. The molecule has 2 amide bonds. The summed E-state index contributed by atoms with van der Waals surface area (Å²) in [6.45, 7) is 3.97. The normalized spacial score (nSPS) is 26.4. The highest BCUT2D eigenvalue weighted by molar-refractivity contribution is 6.05. The minimum Gasteiger partial charge on any atom is -0.382 e. The molecule has 0 aromatic heterocycles. The summed E-state index contributed by atoms with van der Waals surface area (Å²) in [6, 6.07) is -0.464. The number of allylic oxidation sites excluding steroid dienone is 1. The molecular weight excluding hydrogens is 262 g/mol. The molecule has 1 rings (SSSR count). The van der Waals surface area contributed by atoms with E-state index in [2.05, 4.69) is 10.6 Å². The highest BCUT2D eigenvalue weighted by Crippen LogP contribution is 2.21. The van der Waals surface area contributed by atoms with E-state index in [0.717, 1.165) is 0 Å². The highest BCUT2D eigenvalue weighted by Gasteiger charge is 2.36. The van der Waals surface area contributed by atoms with Crippen molar-refractivity contribution in [2.45, 2.75) is 38.7 Å². The van der Waals surface area contributed by atoms with Gasteiger partial charge in [0.25, 0.3) is 0 Å². The molecule has 1 aliphatic rings. The Morgan fingerprint density at radius 2 is 2.20 bits per heavy atom. The lowest BCUT2D eigenvalue weighted by Gasteiger charge is -2.16. The summed E-state index contributed by atoms with van der Waals surface area (Å²) in [5.74, 6) is 0.0692. The predicted octanol–water partition coefficient (Wildman–Crippen LogP) is 1.01. The Morgan fingerprint density at radius 3 is 2.75 bits per heavy atom. The van der Waals surface area contributed by atoms with Crippen molar-refractivity contribution >= 4 is 11.9 Å². The van der Waals surface area contributed by atoms with E-state index in [9.17, 15) is 4.79 Å². The van der Waals surface area contributed by atoms with Gasteiger partial charge in [-0.3, -0.25) is 10.7 Å². The number of ether oxygens (including phenoxy) is 3. The van der Waals surface area contributed by atoms with Crippen molar-refractivity contribution in [3.63, 3.8) is 0 Å². The van der Waals surface area contributed by atoms with Crippen LogP contribution in [0.4, 0.5) is 4.79 Å². The van der Waals surface area contributed by atoms with Gasteiger partial charge in [0.05, 0.1) is 12.7 Å². The monoisotopic (exact) mass is 285 g/mol. The van der Waals surface area contributed by atoms with Crippen LogP contribution in [0.5, 0.6) is 0 Å². The van der Waals surface area contributed by atoms with Crippen molar-refractivity contribution in [2.75, 3.05) is 20.8 Å². The molecule has 0 saturated carbocycles. The first-order chi connectivity index (χ1) is 9.51. The first-order valence-electron chi connectivity index (χ1n) is 6.48. The number of urea groups is 1. The number of carbonyl (C=O) groups excluding carboxylic acids is 1. The fraction of sp³-hybridized carbons (Fsp3) is 0.692. The molecule has 1 saturated heterocycles. The average Bonchev–Trinajstić information content (AvgIpc) is 2.79. The van der Waals surface area contributed by atoms with Crippen molar-refractivity contribution < 1.29 is 19.0 Å². The maximum atomic E-state index is 11.7. The lowest BCUT2D eigenvalue weighted by atomic mass is 10.2. The molecule has 0 radical (unpaired) electrons. The van der Waals surface area contributed by atoms with Crippen molar-refractivity contribution in [1.29, 1.82) is 5.41 Å². The summed E-state index contributed by atoms with van der Waals surface area (Å²) in [5.41, 5.74) is 0.694. The van der Waals surface area contributed by atoms with E-state index in [-0.39, 0.29) is 18.0 Å². The lowest BCUT2D eigenvalue weighted by molar-refractivity contribution is -0.0475. The van der Waals surface area contributed by atoms with E-state index in [1.54, 1.807) is 27.2 Å². The minimum atomic E-state index is -0.464. The van der Waals surface area contributed by atoms with Crippen LogP contribution in [0, 0.1) is 5.41 Å². The Morgan fingerprint density at radius 1 is 1.50 bits per heavy atom. The Hall–Kier alpha value is -1.44. The van der Waals surface area contributed by atoms with Crippen LogP contribution in [0.1, 0.15) is 20.3 Å². The average molecular weight is 285 g/mol. The predicted molar refractivity (Wildman–Crippen MR) is 74.8 cm³/mol. The van der Waals surface area contributed by atoms with Crippen LogP contribution >= 0.6 is 0 Å². The van der Waals surface area contributed by atoms with Gasteiger partial charge in [0.15, 0.2) is 0 Å². The maximum Gasteiger partial charge on any atom is 0.322 e. The van der Waals surface area contributed by atoms with Gasteiger partial charge in [-0.1, -0.05) is 6.08 Å². The quantitative estimate of drug-likeness (QED) is 0.519. The van der Waals surface area contributed by atoms with Gasteiger partial charge in [0, 0.05) is 20.6 Å². The van der Waals surface area contributed by atoms with Crippen molar-refractivity contribution in [1.82, 2.24) is 10.6 Å². The smallest absolute Gasteiger partial charge is 0.322 e. The number of nitrogens with one attached hydrogen (secondary N) is 3. The number of hydrogen-bond donors (Lipinski definition) is 3. The largest absolute Gasteiger partial charge is 0.382 e. The van der Waals surface area contributed by atoms with Crippen molar-refractivity contribution in [3.05, 3.63) is 11.6 Å². The van der Waals surface area contributed by atoms with Crippen LogP contribution in [0.25, 0.3) is 0 Å². The van der Waals surface area contributed by atoms with Crippen LogP contribution in [-0.2, 0) is 14.2 Å². The highest BCUT2D eigenvalue weighted by atomic mass is 16.6. The van der Waals surface area contributed by atoms with Gasteiger partial charge >= 0.3 is 6.03 Å². The molecule has 7 nitrogen and oxygen atoms in total. The van der Waals surface area contributed by atoms with Crippen molar-refractivity contribution in [3.8, 4) is 0 Å². The number of rotatable bonds is 5. The van der Waals surface area contributed by atoms with Crippen LogP contribution in [-0.4, -0.2) is 51.1 Å². The molecule has 0 spiro atoms. The maximum absolute atomic E-state index is 11.7. The second-order valence-corrected chi connectivity index (χ2v) is 4.57. The fourth-order valence-corrected chi connectivity index (χ4v) is 1.91. The number of amides is 2. The molecule has 7 heteroatoms. The summed E-state index contributed by atoms with van der Waals surface area (Å²) >= 11 is 0. The molecule has 1 heterocycles. The molecule has 20 heavy (non-hydrogen) atoms. The summed E-state index contributed by atoms with van der Waals surface area (Å²) in [4.78, 5) is 11.7. The molecule has 114 valence electrons. The number of methoxy groups -OCH3 is 2. The Kier molecular flexibility index (Phi) is 6.63. The fourth-order valence-electron chi connectivity index (χ4n) is 1.91. The van der Waals surface area contributed by atoms with Gasteiger partial charge in [-0.25, -0.2) is 4.79 Å². The number of hydrogen-bond acceptors (Lipinski definition) is 5. The molecule has 0 aromatic rings. The Labute approximate surface area is 119 Å². The standard InChI is InChI=1S/C13H23N3O4/c1-5-8(2)12(14)16-13(17)15-11-6-9(19-4)10(20-11)7-18-3/h5,9-11H,6-7H2,1-4H3,(H3,14,15,16,17)/b8-5-/t9?,10-,11-/m1/s1. The van der Waals surface area contributed by atoms with Crippen LogP contribution in [0.3, 0.4) is 0 Å². The third-order valence-electron chi connectivity index (χ3n) is 3.19. The molecule has 3 N–H and O–H groups in total. The van der Waals surface area contributed by atoms with Gasteiger partial charge in [-0.2, -0.15) is 0 Å². The second-order valence-electron chi connectivity index (χ2n) is 4.57. The third kappa shape index (κ3) is 4.59. The van der Waals surface area contributed by atoms with Crippen molar-refractivity contribution in [2.24, 2.45) is 0 Å². The zero-order valence-corrected chi connectivity index (χ0v) is 12.4. The number of amidine groups is 1. The van der Waals surface area contributed by atoms with E-state index in [1.807, 2.05) is 6.92 Å². The van der Waals surface area contributed by atoms with Gasteiger partial charge in [-0.15, -0.1) is 0 Å². The molecule has 1 aliphatic heterocycles. The first-order valence-corrected chi connectivity index (χ1v) is 6.48. The molecule has 1 unspecified atom stereocenters. The molecular formula is C13H23N3O4. The molecule has 0 aliphatic carbocycles. The summed E-state index contributed by atoms with van der Waals surface area (Å²) in [7, 11) is 3.19. The first kappa shape index (κ1) is 16.6. The van der Waals surface area contributed by atoms with Gasteiger partial charge < -0.3 is 19.5 Å². The van der Waals surface area contributed by atoms with Gasteiger partial charge in [0.2, 0.25) is 0 Å². The Bertz CT molecular complexity index is 384. The second kappa shape index (κ2) is 7.98. The van der Waals surface area contributed by atoms with Crippen LogP contribution in [0.15, 0.2) is 11.6 Å². The summed E-state index contributed by atoms with van der Waals surface area (Å²) in [6.07, 6.45) is 1.54. The topological polar surface area (TPSA) is 92.7 Å². The van der Waals surface area contributed by atoms with Crippen LogP contribution in [0.2, 0.25) is 0 Å². The molecule has 1 fully saturated rings. The van der Waals surface area contributed by atoms with E-state index < -0.39 is 12.3 Å². The zero-order chi connectivity index (χ0) is 15.1. The zero-order valence-electron chi connectivity index (χ0n) is 12.4. The minimum absolute atomic E-state index is 0.0692. The third-order valence-corrected chi connectivity index (χ3v) is 3.19. The molecule has 0 bridgehead atoms. The summed E-state index contributed by atoms with van der Waals surface area (Å²) in [5, 5.41) is 12.8. The lowest BCUT2D eigenvalue weighted by Crippen LogP contribution is -2.44. The van der Waals surface area contributed by atoms with Gasteiger partial charge in [0.1, 0.15) is 18.2 Å². The van der Waals surface area contributed by atoms with Crippen LogP contribution < -0.4 is 10.6 Å². The van der Waals surface area contributed by atoms with E-state index in [1.165, 1.54) is 0 Å². The number of carbonyl (C=O) groups is 1. The van der Waals surface area contributed by atoms with E-state index >= 15 is 0 Å². The summed E-state index contributed by atoms with van der Waals surface area (Å²) < 4.78 is 16.0. The molecule has 0 aromatic carbocycles.